The summed E-state index contributed by atoms with van der Waals surface area (Å²) in [5.74, 6) is 0.463. The number of halogens is 1. The van der Waals surface area contributed by atoms with Crippen molar-refractivity contribution in [3.8, 4) is 11.5 Å². The summed E-state index contributed by atoms with van der Waals surface area (Å²) in [6, 6.07) is 12.0. The predicted octanol–water partition coefficient (Wildman–Crippen LogP) is 3.35. The predicted molar refractivity (Wildman–Crippen MR) is 138 cm³/mol. The highest BCUT2D eigenvalue weighted by Gasteiger charge is 2.36. The Morgan fingerprint density at radius 1 is 1.06 bits per heavy atom. The van der Waals surface area contributed by atoms with Gasteiger partial charge in [-0.1, -0.05) is 23.7 Å². The lowest BCUT2D eigenvalue weighted by Gasteiger charge is -2.38. The maximum Gasteiger partial charge on any atom is 0.338 e. The second kappa shape index (κ2) is 11.5. The molecule has 0 aliphatic carbocycles. The average Bonchev–Trinajstić information content (AvgIpc) is 2.88. The molecular weight excluding hydrogens is 484 g/mol. The Bertz CT molecular complexity index is 1130. The summed E-state index contributed by atoms with van der Waals surface area (Å²) < 4.78 is 16.4. The zero-order chi connectivity index (χ0) is 25.7. The van der Waals surface area contributed by atoms with E-state index >= 15 is 0 Å². The maximum absolute atomic E-state index is 13.2. The van der Waals surface area contributed by atoms with E-state index in [1.807, 2.05) is 24.3 Å². The molecule has 1 saturated heterocycles. The summed E-state index contributed by atoms with van der Waals surface area (Å²) in [7, 11) is 3.07. The number of hydrogen-bond donors (Lipinski definition) is 2. The SMILES string of the molecule is CCOC(=O)C1=C(CN2CCN(c3ccc(Cl)cc3)CC2)NC(=O)N[C@H]1c1cccc(OC)c1OC. The molecule has 2 aromatic rings. The van der Waals surface area contributed by atoms with Gasteiger partial charge in [0.15, 0.2) is 11.5 Å². The molecule has 2 heterocycles. The van der Waals surface area contributed by atoms with Gasteiger partial charge in [0, 0.05) is 54.7 Å². The van der Waals surface area contributed by atoms with Crippen LogP contribution in [0.1, 0.15) is 18.5 Å². The van der Waals surface area contributed by atoms with Crippen molar-refractivity contribution >= 4 is 29.3 Å². The number of anilines is 1. The Kier molecular flexibility index (Phi) is 8.22. The highest BCUT2D eigenvalue weighted by Crippen LogP contribution is 2.39. The lowest BCUT2D eigenvalue weighted by atomic mass is 9.93. The Hall–Kier alpha value is -3.43. The number of nitrogens with one attached hydrogen (secondary N) is 2. The highest BCUT2D eigenvalue weighted by molar-refractivity contribution is 6.30. The van der Waals surface area contributed by atoms with Crippen LogP contribution in [-0.4, -0.2) is 70.5 Å². The van der Waals surface area contributed by atoms with Crippen molar-refractivity contribution in [1.29, 1.82) is 0 Å². The summed E-state index contributed by atoms with van der Waals surface area (Å²) in [6.07, 6.45) is 0. The zero-order valence-corrected chi connectivity index (χ0v) is 21.4. The third kappa shape index (κ3) is 5.52. The standard InChI is InChI=1S/C26H31ClN4O5/c1-4-36-25(32)22-20(16-30-12-14-31(15-13-30)18-10-8-17(27)9-11-18)28-26(33)29-23(22)19-6-5-7-21(34-2)24(19)35-3/h5-11,23H,4,12-16H2,1-3H3,(H2,28,29,33)/t23-/m0/s1. The number of carbonyl (C=O) groups is 2. The van der Waals surface area contributed by atoms with Crippen molar-refractivity contribution in [3.63, 3.8) is 0 Å². The summed E-state index contributed by atoms with van der Waals surface area (Å²) in [6.45, 7) is 5.51. The first-order chi connectivity index (χ1) is 17.4. The van der Waals surface area contributed by atoms with Crippen molar-refractivity contribution in [2.24, 2.45) is 0 Å². The number of piperazine rings is 1. The minimum atomic E-state index is -0.756. The molecule has 2 amide bonds. The number of benzene rings is 2. The molecule has 2 aromatic carbocycles. The summed E-state index contributed by atoms with van der Waals surface area (Å²) in [4.78, 5) is 30.4. The fourth-order valence-corrected chi connectivity index (χ4v) is 4.73. The molecule has 2 aliphatic rings. The second-order valence-corrected chi connectivity index (χ2v) is 8.90. The van der Waals surface area contributed by atoms with E-state index in [9.17, 15) is 9.59 Å². The van der Waals surface area contributed by atoms with Crippen LogP contribution in [0, 0.1) is 0 Å². The van der Waals surface area contributed by atoms with Gasteiger partial charge in [-0.25, -0.2) is 9.59 Å². The third-order valence-corrected chi connectivity index (χ3v) is 6.59. The Morgan fingerprint density at radius 2 is 1.78 bits per heavy atom. The Balaban J connectivity index is 1.61. The minimum absolute atomic E-state index is 0.214. The van der Waals surface area contributed by atoms with Gasteiger partial charge in [0.05, 0.1) is 32.4 Å². The number of ether oxygens (including phenoxy) is 3. The smallest absolute Gasteiger partial charge is 0.338 e. The molecule has 1 fully saturated rings. The van der Waals surface area contributed by atoms with Crippen LogP contribution in [0.4, 0.5) is 10.5 Å². The van der Waals surface area contributed by atoms with Gasteiger partial charge < -0.3 is 29.7 Å². The van der Waals surface area contributed by atoms with E-state index in [1.165, 1.54) is 7.11 Å². The first kappa shape index (κ1) is 25.7. The molecule has 9 nitrogen and oxygen atoms in total. The molecule has 1 atom stereocenters. The van der Waals surface area contributed by atoms with E-state index < -0.39 is 18.0 Å². The Labute approximate surface area is 215 Å². The van der Waals surface area contributed by atoms with Crippen molar-refractivity contribution in [2.75, 3.05) is 58.5 Å². The fourth-order valence-electron chi connectivity index (χ4n) is 4.60. The number of nitrogens with zero attached hydrogens (tertiary/aromatic N) is 2. The molecule has 0 spiro atoms. The molecule has 0 radical (unpaired) electrons. The van der Waals surface area contributed by atoms with Crippen LogP contribution in [0.25, 0.3) is 0 Å². The maximum atomic E-state index is 13.2. The van der Waals surface area contributed by atoms with E-state index in [2.05, 4.69) is 20.4 Å². The second-order valence-electron chi connectivity index (χ2n) is 8.47. The molecule has 2 aliphatic heterocycles. The van der Waals surface area contributed by atoms with Crippen LogP contribution < -0.4 is 25.0 Å². The van der Waals surface area contributed by atoms with Crippen molar-refractivity contribution in [2.45, 2.75) is 13.0 Å². The largest absolute Gasteiger partial charge is 0.493 e. The van der Waals surface area contributed by atoms with Crippen LogP contribution in [0.15, 0.2) is 53.7 Å². The van der Waals surface area contributed by atoms with E-state index in [-0.39, 0.29) is 6.61 Å². The van der Waals surface area contributed by atoms with Crippen LogP contribution in [-0.2, 0) is 9.53 Å². The lowest BCUT2D eigenvalue weighted by molar-refractivity contribution is -0.139. The van der Waals surface area contributed by atoms with E-state index in [4.69, 9.17) is 25.8 Å². The van der Waals surface area contributed by atoms with Gasteiger partial charge in [-0.15, -0.1) is 0 Å². The van der Waals surface area contributed by atoms with Crippen LogP contribution in [0.3, 0.4) is 0 Å². The molecule has 2 N–H and O–H groups in total. The molecule has 192 valence electrons. The van der Waals surface area contributed by atoms with E-state index in [1.54, 1.807) is 32.2 Å². The van der Waals surface area contributed by atoms with E-state index in [0.29, 0.717) is 39.9 Å². The fraction of sp³-hybridized carbons (Fsp3) is 0.385. The molecule has 0 unspecified atom stereocenters. The minimum Gasteiger partial charge on any atom is -0.493 e. The Morgan fingerprint density at radius 3 is 2.42 bits per heavy atom. The summed E-state index contributed by atoms with van der Waals surface area (Å²) >= 11 is 6.02. The molecular formula is C26H31ClN4O5. The van der Waals surface area contributed by atoms with Gasteiger partial charge in [0.2, 0.25) is 0 Å². The normalized spacial score (nSPS) is 18.4. The number of hydrogen-bond acceptors (Lipinski definition) is 7. The van der Waals surface area contributed by atoms with Gasteiger partial charge in [-0.3, -0.25) is 4.90 Å². The van der Waals surface area contributed by atoms with Gasteiger partial charge in [0.1, 0.15) is 0 Å². The molecule has 0 bridgehead atoms. The van der Waals surface area contributed by atoms with Crippen LogP contribution in [0.2, 0.25) is 5.02 Å². The number of urea groups is 1. The van der Waals surface area contributed by atoms with E-state index in [0.717, 1.165) is 31.9 Å². The van der Waals surface area contributed by atoms with Gasteiger partial charge in [-0.2, -0.15) is 0 Å². The van der Waals surface area contributed by atoms with Crippen molar-refractivity contribution < 1.29 is 23.8 Å². The molecule has 4 rings (SSSR count). The zero-order valence-electron chi connectivity index (χ0n) is 20.7. The number of amides is 2. The first-order valence-electron chi connectivity index (χ1n) is 11.9. The van der Waals surface area contributed by atoms with Gasteiger partial charge >= 0.3 is 12.0 Å². The lowest BCUT2D eigenvalue weighted by Crippen LogP contribution is -2.51. The number of methoxy groups -OCH3 is 2. The number of rotatable bonds is 8. The summed E-state index contributed by atoms with van der Waals surface area (Å²) in [5, 5.41) is 6.43. The topological polar surface area (TPSA) is 92.4 Å². The van der Waals surface area contributed by atoms with Crippen LogP contribution in [0.5, 0.6) is 11.5 Å². The quantitative estimate of drug-likeness (QED) is 0.522. The van der Waals surface area contributed by atoms with Crippen molar-refractivity contribution in [1.82, 2.24) is 15.5 Å². The molecule has 0 aromatic heterocycles. The molecule has 36 heavy (non-hydrogen) atoms. The number of para-hydroxylation sites is 1. The third-order valence-electron chi connectivity index (χ3n) is 6.34. The average molecular weight is 515 g/mol. The summed E-state index contributed by atoms with van der Waals surface area (Å²) in [5.41, 5.74) is 2.60. The van der Waals surface area contributed by atoms with Crippen LogP contribution >= 0.6 is 11.6 Å². The number of carbonyl (C=O) groups excluding carboxylic acids is 2. The monoisotopic (exact) mass is 514 g/mol. The molecule has 10 heteroatoms. The first-order valence-corrected chi connectivity index (χ1v) is 12.2. The highest BCUT2D eigenvalue weighted by atomic mass is 35.5. The van der Waals surface area contributed by atoms with Crippen molar-refractivity contribution in [3.05, 3.63) is 64.3 Å². The van der Waals surface area contributed by atoms with Gasteiger partial charge in [-0.05, 0) is 37.3 Å². The number of esters is 1. The molecule has 0 saturated carbocycles. The van der Waals surface area contributed by atoms with Gasteiger partial charge in [0.25, 0.3) is 0 Å².